The summed E-state index contributed by atoms with van der Waals surface area (Å²) in [5.41, 5.74) is 4.95. The van der Waals surface area contributed by atoms with Crippen molar-refractivity contribution in [2.45, 2.75) is 27.7 Å². The second kappa shape index (κ2) is 8.59. The Kier molecular flexibility index (Phi) is 5.84. The highest BCUT2D eigenvalue weighted by Crippen LogP contribution is 2.29. The van der Waals surface area contributed by atoms with Crippen LogP contribution >= 0.6 is 11.6 Å². The fourth-order valence-electron chi connectivity index (χ4n) is 3.55. The molecule has 0 aliphatic rings. The van der Waals surface area contributed by atoms with Gasteiger partial charge in [0.15, 0.2) is 12.3 Å². The first kappa shape index (κ1) is 21.8. The molecule has 0 spiro atoms. The van der Waals surface area contributed by atoms with E-state index in [9.17, 15) is 9.18 Å². The summed E-state index contributed by atoms with van der Waals surface area (Å²) in [4.78, 5) is 16.9. The monoisotopic (exact) mass is 452 g/mol. The van der Waals surface area contributed by atoms with E-state index in [2.05, 4.69) is 15.4 Å². The first-order valence-corrected chi connectivity index (χ1v) is 10.4. The molecule has 1 N–H and O–H groups in total. The number of ether oxygens (including phenoxy) is 1. The molecule has 4 rings (SSSR count). The van der Waals surface area contributed by atoms with Gasteiger partial charge in [-0.15, -0.1) is 0 Å². The van der Waals surface area contributed by atoms with Crippen LogP contribution in [0, 0.1) is 33.5 Å². The Morgan fingerprint density at radius 1 is 1.12 bits per heavy atom. The van der Waals surface area contributed by atoms with Gasteiger partial charge in [-0.2, -0.15) is 10.1 Å². The number of hydrogen-bond donors (Lipinski definition) is 1. The van der Waals surface area contributed by atoms with Gasteiger partial charge in [0, 0.05) is 22.2 Å². The van der Waals surface area contributed by atoms with E-state index in [1.165, 1.54) is 6.07 Å². The molecule has 0 bridgehead atoms. The van der Waals surface area contributed by atoms with Gasteiger partial charge in [0.2, 0.25) is 5.88 Å². The number of benzene rings is 2. The van der Waals surface area contributed by atoms with E-state index in [1.54, 1.807) is 29.8 Å². The second-order valence-corrected chi connectivity index (χ2v) is 8.07. The minimum atomic E-state index is -0.414. The molecule has 0 saturated carbocycles. The zero-order valence-electron chi connectivity index (χ0n) is 18.2. The fraction of sp³-hybridized carbons (Fsp3) is 0.208. The fourth-order valence-corrected chi connectivity index (χ4v) is 3.72. The number of fused-ring (bicyclic) bond motifs is 1. The predicted octanol–water partition coefficient (Wildman–Crippen LogP) is 5.46. The van der Waals surface area contributed by atoms with E-state index in [4.69, 9.17) is 16.3 Å². The highest BCUT2D eigenvalue weighted by atomic mass is 35.5. The molecule has 2 aromatic carbocycles. The lowest BCUT2D eigenvalue weighted by Gasteiger charge is -2.11. The van der Waals surface area contributed by atoms with E-state index < -0.39 is 5.91 Å². The minimum absolute atomic E-state index is 0.267. The van der Waals surface area contributed by atoms with E-state index in [0.717, 1.165) is 27.9 Å². The van der Waals surface area contributed by atoms with Crippen molar-refractivity contribution in [1.82, 2.24) is 14.8 Å². The summed E-state index contributed by atoms with van der Waals surface area (Å²) < 4.78 is 21.1. The molecular formula is C24H22ClFN4O2. The lowest BCUT2D eigenvalue weighted by atomic mass is 10.1. The molecule has 0 aliphatic carbocycles. The highest BCUT2D eigenvalue weighted by Gasteiger charge is 2.17. The Hall–Kier alpha value is -3.45. The van der Waals surface area contributed by atoms with Gasteiger partial charge in [-0.05, 0) is 68.7 Å². The molecular weight excluding hydrogens is 431 g/mol. The van der Waals surface area contributed by atoms with Crippen LogP contribution in [0.25, 0.3) is 16.7 Å². The number of anilines is 1. The number of carbonyl (C=O) groups is 1. The SMILES string of the molecule is Cc1ccc(NC(=O)COc2cc(C)c3c(C)nn(-c4cccc(Cl)c4C)c3n2)cc1F. The van der Waals surface area contributed by atoms with E-state index in [-0.39, 0.29) is 12.4 Å². The number of nitrogens with one attached hydrogen (secondary N) is 1. The quantitative estimate of drug-likeness (QED) is 0.436. The molecule has 0 unspecified atom stereocenters. The van der Waals surface area contributed by atoms with Crippen LogP contribution in [0.3, 0.4) is 0 Å². The van der Waals surface area contributed by atoms with Crippen molar-refractivity contribution in [3.8, 4) is 11.6 Å². The van der Waals surface area contributed by atoms with Gasteiger partial charge >= 0.3 is 0 Å². The van der Waals surface area contributed by atoms with Gasteiger partial charge in [0.1, 0.15) is 5.82 Å². The number of hydrogen-bond acceptors (Lipinski definition) is 4. The lowest BCUT2D eigenvalue weighted by Crippen LogP contribution is -2.20. The van der Waals surface area contributed by atoms with Crippen molar-refractivity contribution < 1.29 is 13.9 Å². The zero-order chi connectivity index (χ0) is 23.0. The zero-order valence-corrected chi connectivity index (χ0v) is 18.9. The Morgan fingerprint density at radius 3 is 2.66 bits per heavy atom. The number of amides is 1. The normalized spacial score (nSPS) is 11.1. The molecule has 0 saturated heterocycles. The smallest absolute Gasteiger partial charge is 0.262 e. The third-order valence-electron chi connectivity index (χ3n) is 5.26. The van der Waals surface area contributed by atoms with Crippen molar-refractivity contribution in [3.05, 3.63) is 75.7 Å². The van der Waals surface area contributed by atoms with Crippen LogP contribution in [0.4, 0.5) is 10.1 Å². The van der Waals surface area contributed by atoms with Crippen molar-refractivity contribution in [2.24, 2.45) is 0 Å². The van der Waals surface area contributed by atoms with Gasteiger partial charge in [-0.25, -0.2) is 9.07 Å². The van der Waals surface area contributed by atoms with Crippen LogP contribution in [0.15, 0.2) is 42.5 Å². The third kappa shape index (κ3) is 4.16. The van der Waals surface area contributed by atoms with Crippen LogP contribution in [0.5, 0.6) is 5.88 Å². The summed E-state index contributed by atoms with van der Waals surface area (Å²) in [5, 5.41) is 8.83. The number of aromatic nitrogens is 3. The Balaban J connectivity index is 1.60. The number of halogens is 2. The average molecular weight is 453 g/mol. The van der Waals surface area contributed by atoms with Gasteiger partial charge < -0.3 is 10.1 Å². The molecule has 4 aromatic rings. The Bertz CT molecular complexity index is 1350. The van der Waals surface area contributed by atoms with E-state index in [1.807, 2.05) is 39.0 Å². The summed E-state index contributed by atoms with van der Waals surface area (Å²) in [6.45, 7) is 7.17. The minimum Gasteiger partial charge on any atom is -0.467 e. The second-order valence-electron chi connectivity index (χ2n) is 7.66. The highest BCUT2D eigenvalue weighted by molar-refractivity contribution is 6.31. The molecule has 2 aromatic heterocycles. The summed E-state index contributed by atoms with van der Waals surface area (Å²) >= 11 is 6.30. The lowest BCUT2D eigenvalue weighted by molar-refractivity contribution is -0.118. The molecule has 0 aliphatic heterocycles. The summed E-state index contributed by atoms with van der Waals surface area (Å²) in [7, 11) is 0. The molecule has 0 fully saturated rings. The van der Waals surface area contributed by atoms with Crippen LogP contribution < -0.4 is 10.1 Å². The largest absolute Gasteiger partial charge is 0.467 e. The van der Waals surface area contributed by atoms with Crippen LogP contribution in [0.1, 0.15) is 22.4 Å². The van der Waals surface area contributed by atoms with E-state index >= 15 is 0 Å². The third-order valence-corrected chi connectivity index (χ3v) is 5.67. The number of rotatable bonds is 5. The molecule has 0 radical (unpaired) electrons. The van der Waals surface area contributed by atoms with Gasteiger partial charge in [-0.3, -0.25) is 4.79 Å². The van der Waals surface area contributed by atoms with Crippen molar-refractivity contribution in [3.63, 3.8) is 0 Å². The van der Waals surface area contributed by atoms with E-state index in [0.29, 0.717) is 27.8 Å². The standard InChI is InChI=1S/C24H22ClFN4O2/c1-13-8-9-17(11-19(13)26)27-21(31)12-32-22-10-14(2)23-16(4)29-30(24(23)28-22)20-7-5-6-18(25)15(20)3/h5-11H,12H2,1-4H3,(H,27,31). The van der Waals surface area contributed by atoms with Crippen molar-refractivity contribution in [1.29, 1.82) is 0 Å². The van der Waals surface area contributed by atoms with Gasteiger partial charge in [0.05, 0.1) is 11.4 Å². The van der Waals surface area contributed by atoms with Gasteiger partial charge in [-0.1, -0.05) is 23.7 Å². The van der Waals surface area contributed by atoms with Crippen LogP contribution in [-0.4, -0.2) is 27.3 Å². The molecule has 2 heterocycles. The average Bonchev–Trinajstić information content (AvgIpc) is 3.08. The Morgan fingerprint density at radius 2 is 1.91 bits per heavy atom. The molecule has 1 amide bonds. The molecule has 8 heteroatoms. The molecule has 32 heavy (non-hydrogen) atoms. The maximum Gasteiger partial charge on any atom is 0.262 e. The number of nitrogens with zero attached hydrogens (tertiary/aromatic N) is 3. The first-order chi connectivity index (χ1) is 15.2. The van der Waals surface area contributed by atoms with Crippen molar-refractivity contribution in [2.75, 3.05) is 11.9 Å². The molecule has 6 nitrogen and oxygen atoms in total. The van der Waals surface area contributed by atoms with Gasteiger partial charge in [0.25, 0.3) is 5.91 Å². The predicted molar refractivity (Wildman–Crippen MR) is 123 cm³/mol. The maximum atomic E-state index is 13.7. The summed E-state index contributed by atoms with van der Waals surface area (Å²) in [6.07, 6.45) is 0. The summed E-state index contributed by atoms with van der Waals surface area (Å²) in [5.74, 6) is -0.504. The van der Waals surface area contributed by atoms with Crippen LogP contribution in [0.2, 0.25) is 5.02 Å². The maximum absolute atomic E-state index is 13.7. The van der Waals surface area contributed by atoms with Crippen LogP contribution in [-0.2, 0) is 4.79 Å². The molecule has 0 atom stereocenters. The number of aryl methyl sites for hydroxylation is 3. The van der Waals surface area contributed by atoms with Crippen molar-refractivity contribution >= 4 is 34.2 Å². The first-order valence-electron chi connectivity index (χ1n) is 10.1. The summed E-state index contributed by atoms with van der Waals surface area (Å²) in [6, 6.07) is 11.9. The Labute approximate surface area is 190 Å². The molecule has 164 valence electrons. The topological polar surface area (TPSA) is 69.0 Å². The number of pyridine rings is 1. The number of carbonyl (C=O) groups excluding carboxylic acids is 1.